The van der Waals surface area contributed by atoms with Gasteiger partial charge >= 0.3 is 6.03 Å². The van der Waals surface area contributed by atoms with Crippen LogP contribution in [0.3, 0.4) is 0 Å². The van der Waals surface area contributed by atoms with Crippen LogP contribution in [0.5, 0.6) is 0 Å². The maximum absolute atomic E-state index is 11.9. The van der Waals surface area contributed by atoms with E-state index >= 15 is 0 Å². The molecule has 1 heterocycles. The second-order valence-electron chi connectivity index (χ2n) is 6.87. The van der Waals surface area contributed by atoms with Gasteiger partial charge in [-0.25, -0.2) is 9.48 Å². The number of nitrogens with one attached hydrogen (secondary N) is 2. The van der Waals surface area contributed by atoms with Gasteiger partial charge in [0.2, 0.25) is 0 Å². The third-order valence-electron chi connectivity index (χ3n) is 3.73. The lowest BCUT2D eigenvalue weighted by molar-refractivity contribution is 0.129. The fourth-order valence-electron chi connectivity index (χ4n) is 2.62. The van der Waals surface area contributed by atoms with Crippen molar-refractivity contribution in [1.29, 1.82) is 0 Å². The van der Waals surface area contributed by atoms with E-state index in [-0.39, 0.29) is 17.6 Å². The van der Waals surface area contributed by atoms with E-state index in [1.807, 2.05) is 50.4 Å². The Hall–Kier alpha value is -2.34. The first-order valence-electron chi connectivity index (χ1n) is 8.14. The summed E-state index contributed by atoms with van der Waals surface area (Å²) in [5, 5.41) is 19.3. The Kier molecular flexibility index (Phi) is 5.98. The Balaban J connectivity index is 1.77. The van der Waals surface area contributed by atoms with Gasteiger partial charge in [0.15, 0.2) is 0 Å². The highest BCUT2D eigenvalue weighted by atomic mass is 16.3. The molecule has 1 unspecified atom stereocenters. The third kappa shape index (κ3) is 5.70. The van der Waals surface area contributed by atoms with Crippen molar-refractivity contribution in [2.75, 3.05) is 6.54 Å². The van der Waals surface area contributed by atoms with Crippen LogP contribution in [-0.2, 0) is 6.54 Å². The molecule has 2 aromatic rings. The average Bonchev–Trinajstić information content (AvgIpc) is 3.05. The number of carbonyl (C=O) groups is 1. The van der Waals surface area contributed by atoms with Crippen molar-refractivity contribution in [1.82, 2.24) is 20.4 Å². The molecule has 6 heteroatoms. The van der Waals surface area contributed by atoms with Gasteiger partial charge in [-0.15, -0.1) is 0 Å². The molecular weight excluding hydrogens is 304 g/mol. The highest BCUT2D eigenvalue weighted by Crippen LogP contribution is 2.20. The van der Waals surface area contributed by atoms with Crippen LogP contribution in [0.1, 0.15) is 32.8 Å². The lowest BCUT2D eigenvalue weighted by Crippen LogP contribution is -2.41. The van der Waals surface area contributed by atoms with E-state index in [9.17, 15) is 9.90 Å². The first-order chi connectivity index (χ1) is 11.4. The van der Waals surface area contributed by atoms with E-state index in [2.05, 4.69) is 15.7 Å². The lowest BCUT2D eigenvalue weighted by atomic mass is 9.87. The zero-order valence-corrected chi connectivity index (χ0v) is 14.5. The topological polar surface area (TPSA) is 79.2 Å². The van der Waals surface area contributed by atoms with Gasteiger partial charge in [0.25, 0.3) is 0 Å². The minimum absolute atomic E-state index is 0.142. The Labute approximate surface area is 142 Å². The molecule has 0 aliphatic carbocycles. The number of rotatable bonds is 7. The number of aromatic nitrogens is 2. The minimum Gasteiger partial charge on any atom is -0.393 e. The quantitative estimate of drug-likeness (QED) is 0.730. The van der Waals surface area contributed by atoms with Gasteiger partial charge in [0, 0.05) is 25.5 Å². The molecule has 2 amide bonds. The van der Waals surface area contributed by atoms with Crippen LogP contribution >= 0.6 is 0 Å². The summed E-state index contributed by atoms with van der Waals surface area (Å²) in [6, 6.07) is 9.54. The second-order valence-corrected chi connectivity index (χ2v) is 6.87. The molecule has 6 nitrogen and oxygen atoms in total. The molecule has 0 radical (unpaired) electrons. The van der Waals surface area contributed by atoms with E-state index < -0.39 is 0 Å². The van der Waals surface area contributed by atoms with Crippen molar-refractivity contribution < 1.29 is 9.90 Å². The Morgan fingerprint density at radius 2 is 2.00 bits per heavy atom. The molecule has 0 fully saturated rings. The average molecular weight is 330 g/mol. The van der Waals surface area contributed by atoms with Gasteiger partial charge < -0.3 is 15.7 Å². The molecule has 0 saturated carbocycles. The van der Waals surface area contributed by atoms with Crippen molar-refractivity contribution in [2.24, 2.45) is 5.41 Å². The molecule has 1 aromatic carbocycles. The van der Waals surface area contributed by atoms with Crippen molar-refractivity contribution >= 4 is 6.03 Å². The van der Waals surface area contributed by atoms with E-state index in [1.165, 1.54) is 0 Å². The fraction of sp³-hybridized carbons (Fsp3) is 0.444. The number of aliphatic hydroxyl groups is 1. The van der Waals surface area contributed by atoms with Crippen LogP contribution in [-0.4, -0.2) is 33.6 Å². The Bertz CT molecular complexity index is 634. The highest BCUT2D eigenvalue weighted by Gasteiger charge is 2.20. The zero-order valence-electron chi connectivity index (χ0n) is 14.5. The predicted molar refractivity (Wildman–Crippen MR) is 93.9 cm³/mol. The number of benzene rings is 1. The van der Waals surface area contributed by atoms with E-state index in [4.69, 9.17) is 0 Å². The van der Waals surface area contributed by atoms with Crippen molar-refractivity contribution in [2.45, 2.75) is 39.8 Å². The molecule has 2 rings (SSSR count). The fourth-order valence-corrected chi connectivity index (χ4v) is 2.62. The smallest absolute Gasteiger partial charge is 0.315 e. The van der Waals surface area contributed by atoms with Crippen LogP contribution < -0.4 is 10.6 Å². The van der Waals surface area contributed by atoms with Crippen molar-refractivity contribution in [3.8, 4) is 5.69 Å². The maximum Gasteiger partial charge on any atom is 0.315 e. The summed E-state index contributed by atoms with van der Waals surface area (Å²) in [6.07, 6.45) is 3.88. The lowest BCUT2D eigenvalue weighted by Gasteiger charge is -2.26. The van der Waals surface area contributed by atoms with Gasteiger partial charge in [-0.3, -0.25) is 0 Å². The summed E-state index contributed by atoms with van der Waals surface area (Å²) in [7, 11) is 0. The molecule has 0 bridgehead atoms. The van der Waals surface area contributed by atoms with Crippen LogP contribution in [0, 0.1) is 5.41 Å². The number of nitrogens with zero attached hydrogens (tertiary/aromatic N) is 2. The standard InChI is InChI=1S/C18H26N4O2/c1-14(23)11-18(2,3)13-20-17(24)19-12-15-5-7-16(8-6-15)22-10-4-9-21-22/h4-10,14,23H,11-13H2,1-3H3,(H2,19,20,24). The van der Waals surface area contributed by atoms with E-state index in [0.29, 0.717) is 19.5 Å². The summed E-state index contributed by atoms with van der Waals surface area (Å²) in [5.41, 5.74) is 1.86. The minimum atomic E-state index is -0.377. The van der Waals surface area contributed by atoms with Crippen LogP contribution in [0.2, 0.25) is 0 Å². The SMILES string of the molecule is CC(O)CC(C)(C)CNC(=O)NCc1ccc(-n2cccn2)cc1. The number of hydrogen-bond donors (Lipinski definition) is 3. The normalized spacial score (nSPS) is 12.7. The summed E-state index contributed by atoms with van der Waals surface area (Å²) in [6.45, 7) is 6.78. The molecule has 24 heavy (non-hydrogen) atoms. The molecule has 1 atom stereocenters. The van der Waals surface area contributed by atoms with Gasteiger partial charge in [-0.05, 0) is 42.5 Å². The number of amides is 2. The number of aliphatic hydroxyl groups excluding tert-OH is 1. The number of carbonyl (C=O) groups excluding carboxylic acids is 1. The van der Waals surface area contributed by atoms with Gasteiger partial charge in [-0.1, -0.05) is 26.0 Å². The third-order valence-corrected chi connectivity index (χ3v) is 3.73. The van der Waals surface area contributed by atoms with Crippen molar-refractivity contribution in [3.05, 3.63) is 48.3 Å². The number of urea groups is 1. The largest absolute Gasteiger partial charge is 0.393 e. The first-order valence-corrected chi connectivity index (χ1v) is 8.14. The summed E-state index contributed by atoms with van der Waals surface area (Å²) in [4.78, 5) is 11.9. The zero-order chi connectivity index (χ0) is 17.6. The van der Waals surface area contributed by atoms with Gasteiger partial charge in [0.1, 0.15) is 0 Å². The monoisotopic (exact) mass is 330 g/mol. The first kappa shape index (κ1) is 18.0. The molecule has 1 aromatic heterocycles. The maximum atomic E-state index is 11.9. The molecular formula is C18H26N4O2. The van der Waals surface area contributed by atoms with Gasteiger partial charge in [0.05, 0.1) is 11.8 Å². The van der Waals surface area contributed by atoms with E-state index in [1.54, 1.807) is 17.8 Å². The second kappa shape index (κ2) is 7.97. The molecule has 0 aliphatic rings. The van der Waals surface area contributed by atoms with Crippen LogP contribution in [0.4, 0.5) is 4.79 Å². The van der Waals surface area contributed by atoms with Gasteiger partial charge in [-0.2, -0.15) is 5.10 Å². The number of hydrogen-bond acceptors (Lipinski definition) is 3. The molecule has 0 spiro atoms. The molecule has 3 N–H and O–H groups in total. The predicted octanol–water partition coefficient (Wildman–Crippen LogP) is 2.47. The Morgan fingerprint density at radius 1 is 1.29 bits per heavy atom. The molecule has 0 aliphatic heterocycles. The van der Waals surface area contributed by atoms with Crippen LogP contribution in [0.25, 0.3) is 5.69 Å². The van der Waals surface area contributed by atoms with E-state index in [0.717, 1.165) is 11.3 Å². The summed E-state index contributed by atoms with van der Waals surface area (Å²) < 4.78 is 1.79. The summed E-state index contributed by atoms with van der Waals surface area (Å²) in [5.74, 6) is 0. The van der Waals surface area contributed by atoms with Crippen LogP contribution in [0.15, 0.2) is 42.7 Å². The Morgan fingerprint density at radius 3 is 2.58 bits per heavy atom. The highest BCUT2D eigenvalue weighted by molar-refractivity contribution is 5.73. The summed E-state index contributed by atoms with van der Waals surface area (Å²) >= 11 is 0. The van der Waals surface area contributed by atoms with Crippen molar-refractivity contribution in [3.63, 3.8) is 0 Å². The molecule has 130 valence electrons. The molecule has 0 saturated heterocycles.